The van der Waals surface area contributed by atoms with Gasteiger partial charge in [-0.2, -0.15) is 5.10 Å². The molecule has 1 aliphatic heterocycles. The lowest BCUT2D eigenvalue weighted by Gasteiger charge is -2.17. The Balaban J connectivity index is 1.94. The number of rotatable bonds is 2. The summed E-state index contributed by atoms with van der Waals surface area (Å²) in [5.41, 5.74) is 1.78. The first-order valence-electron chi connectivity index (χ1n) is 6.07. The van der Waals surface area contributed by atoms with Crippen molar-refractivity contribution >= 4 is 11.6 Å². The van der Waals surface area contributed by atoms with Crippen LogP contribution in [-0.4, -0.2) is 21.6 Å². The zero-order chi connectivity index (χ0) is 13.2. The molecule has 0 N–H and O–H groups in total. The van der Waals surface area contributed by atoms with Gasteiger partial charge in [0.25, 0.3) is 0 Å². The van der Waals surface area contributed by atoms with E-state index >= 15 is 0 Å². The third-order valence-corrected chi connectivity index (χ3v) is 3.10. The van der Waals surface area contributed by atoms with E-state index in [-0.39, 0.29) is 11.9 Å². The Kier molecular flexibility index (Phi) is 2.87. The summed E-state index contributed by atoms with van der Waals surface area (Å²) < 4.78 is 5.40. The number of nitrogens with zero attached hydrogens (tertiary/aromatic N) is 3. The normalized spacial score (nSPS) is 18.5. The van der Waals surface area contributed by atoms with E-state index in [1.807, 2.05) is 24.3 Å². The minimum Gasteiger partial charge on any atom is -0.467 e. The van der Waals surface area contributed by atoms with Crippen molar-refractivity contribution in [2.75, 3.05) is 0 Å². The summed E-state index contributed by atoms with van der Waals surface area (Å²) in [7, 11) is 0. The lowest BCUT2D eigenvalue weighted by molar-refractivity contribution is -0.130. The molecule has 3 rings (SSSR count). The number of pyridine rings is 1. The lowest BCUT2D eigenvalue weighted by atomic mass is 10.0. The molecule has 0 bridgehead atoms. The van der Waals surface area contributed by atoms with E-state index in [1.54, 1.807) is 18.7 Å². The fourth-order valence-electron chi connectivity index (χ4n) is 2.21. The van der Waals surface area contributed by atoms with Gasteiger partial charge in [-0.05, 0) is 18.2 Å². The van der Waals surface area contributed by atoms with E-state index in [0.717, 1.165) is 17.0 Å². The molecular weight excluding hydrogens is 242 g/mol. The Morgan fingerprint density at radius 3 is 2.95 bits per heavy atom. The van der Waals surface area contributed by atoms with Gasteiger partial charge in [0, 0.05) is 31.3 Å². The van der Waals surface area contributed by atoms with E-state index in [2.05, 4.69) is 10.1 Å². The number of carbonyl (C=O) groups excluding carboxylic acids is 1. The number of furan rings is 1. The Labute approximate surface area is 110 Å². The molecule has 0 spiro atoms. The zero-order valence-corrected chi connectivity index (χ0v) is 10.5. The van der Waals surface area contributed by atoms with Gasteiger partial charge in [-0.1, -0.05) is 6.07 Å². The number of hydrogen-bond donors (Lipinski definition) is 0. The standard InChI is InChI=1S/C14H13N3O2/c1-10(18)17-13(14-5-3-7-19-14)8-12(16-17)11-4-2-6-15-9-11/h2-7,9,13H,8H2,1H3. The van der Waals surface area contributed by atoms with Crippen LogP contribution in [0.4, 0.5) is 0 Å². The lowest BCUT2D eigenvalue weighted by Crippen LogP contribution is -2.23. The molecule has 0 saturated heterocycles. The van der Waals surface area contributed by atoms with Crippen molar-refractivity contribution in [2.24, 2.45) is 5.10 Å². The minimum atomic E-state index is -0.164. The monoisotopic (exact) mass is 255 g/mol. The van der Waals surface area contributed by atoms with Gasteiger partial charge in [-0.3, -0.25) is 9.78 Å². The number of hydrazone groups is 1. The third kappa shape index (κ3) is 2.14. The second-order valence-electron chi connectivity index (χ2n) is 4.39. The predicted molar refractivity (Wildman–Crippen MR) is 69.4 cm³/mol. The smallest absolute Gasteiger partial charge is 0.240 e. The van der Waals surface area contributed by atoms with Crippen LogP contribution < -0.4 is 0 Å². The fraction of sp³-hybridized carbons (Fsp3) is 0.214. The first-order valence-corrected chi connectivity index (χ1v) is 6.07. The third-order valence-electron chi connectivity index (χ3n) is 3.10. The Hall–Kier alpha value is -2.43. The highest BCUT2D eigenvalue weighted by atomic mass is 16.3. The second kappa shape index (κ2) is 4.68. The van der Waals surface area contributed by atoms with Gasteiger partial charge in [0.2, 0.25) is 5.91 Å². The van der Waals surface area contributed by atoms with E-state index in [9.17, 15) is 4.79 Å². The Morgan fingerprint density at radius 2 is 2.32 bits per heavy atom. The van der Waals surface area contributed by atoms with Crippen LogP contribution in [0.5, 0.6) is 0 Å². The first-order chi connectivity index (χ1) is 9.25. The topological polar surface area (TPSA) is 58.7 Å². The minimum absolute atomic E-state index is 0.0970. The van der Waals surface area contributed by atoms with Gasteiger partial charge in [0.1, 0.15) is 11.8 Å². The maximum atomic E-state index is 11.7. The van der Waals surface area contributed by atoms with Crippen LogP contribution in [-0.2, 0) is 4.79 Å². The number of hydrogen-bond acceptors (Lipinski definition) is 4. The number of amides is 1. The molecule has 1 amide bonds. The highest BCUT2D eigenvalue weighted by Gasteiger charge is 2.33. The molecule has 3 heterocycles. The van der Waals surface area contributed by atoms with Crippen molar-refractivity contribution in [1.82, 2.24) is 9.99 Å². The average Bonchev–Trinajstić information content (AvgIpc) is 3.08. The molecule has 1 unspecified atom stereocenters. The van der Waals surface area contributed by atoms with Gasteiger partial charge in [0.15, 0.2) is 0 Å². The summed E-state index contributed by atoms with van der Waals surface area (Å²) in [6, 6.07) is 7.31. The van der Waals surface area contributed by atoms with E-state index in [4.69, 9.17) is 4.42 Å². The summed E-state index contributed by atoms with van der Waals surface area (Å²) in [6.45, 7) is 1.51. The van der Waals surface area contributed by atoms with Gasteiger partial charge >= 0.3 is 0 Å². The van der Waals surface area contributed by atoms with Gasteiger partial charge in [0.05, 0.1) is 12.0 Å². The molecule has 5 heteroatoms. The van der Waals surface area contributed by atoms with Crippen LogP contribution in [0.25, 0.3) is 0 Å². The molecule has 1 aliphatic rings. The van der Waals surface area contributed by atoms with Crippen LogP contribution in [0.3, 0.4) is 0 Å². The highest BCUT2D eigenvalue weighted by molar-refractivity contribution is 6.02. The van der Waals surface area contributed by atoms with E-state index in [1.165, 1.54) is 11.9 Å². The molecule has 0 saturated carbocycles. The van der Waals surface area contributed by atoms with E-state index < -0.39 is 0 Å². The van der Waals surface area contributed by atoms with E-state index in [0.29, 0.717) is 6.42 Å². The van der Waals surface area contributed by atoms with Crippen LogP contribution in [0.2, 0.25) is 0 Å². The molecule has 5 nitrogen and oxygen atoms in total. The summed E-state index contributed by atoms with van der Waals surface area (Å²) >= 11 is 0. The van der Waals surface area contributed by atoms with Crippen LogP contribution in [0, 0.1) is 0 Å². The van der Waals surface area contributed by atoms with Crippen molar-refractivity contribution in [3.05, 3.63) is 54.2 Å². The quantitative estimate of drug-likeness (QED) is 0.827. The van der Waals surface area contributed by atoms with Crippen molar-refractivity contribution in [3.8, 4) is 0 Å². The zero-order valence-electron chi connectivity index (χ0n) is 10.5. The SMILES string of the molecule is CC(=O)N1N=C(c2cccnc2)CC1c1ccco1. The predicted octanol–water partition coefficient (Wildman–Crippen LogP) is 2.37. The maximum Gasteiger partial charge on any atom is 0.240 e. The molecule has 0 aromatic carbocycles. The van der Waals surface area contributed by atoms with Crippen molar-refractivity contribution < 1.29 is 9.21 Å². The maximum absolute atomic E-state index is 11.7. The Morgan fingerprint density at radius 1 is 1.42 bits per heavy atom. The molecule has 0 radical (unpaired) electrons. The number of carbonyl (C=O) groups is 1. The molecule has 19 heavy (non-hydrogen) atoms. The molecule has 2 aromatic rings. The molecule has 96 valence electrons. The van der Waals surface area contributed by atoms with Crippen molar-refractivity contribution in [2.45, 2.75) is 19.4 Å². The first kappa shape index (κ1) is 11.6. The number of aromatic nitrogens is 1. The summed E-state index contributed by atoms with van der Waals surface area (Å²) in [6.07, 6.45) is 5.71. The fourth-order valence-corrected chi connectivity index (χ4v) is 2.21. The molecule has 1 atom stereocenters. The van der Waals surface area contributed by atoms with Gasteiger partial charge in [-0.25, -0.2) is 5.01 Å². The second-order valence-corrected chi connectivity index (χ2v) is 4.39. The molecule has 0 aliphatic carbocycles. The largest absolute Gasteiger partial charge is 0.467 e. The Bertz CT molecular complexity index is 605. The van der Waals surface area contributed by atoms with Gasteiger partial charge in [-0.15, -0.1) is 0 Å². The summed E-state index contributed by atoms with van der Waals surface area (Å²) in [5.74, 6) is 0.651. The highest BCUT2D eigenvalue weighted by Crippen LogP contribution is 2.32. The average molecular weight is 255 g/mol. The van der Waals surface area contributed by atoms with Crippen LogP contribution in [0.1, 0.15) is 30.7 Å². The summed E-state index contributed by atoms with van der Waals surface area (Å²) in [5, 5.41) is 5.87. The summed E-state index contributed by atoms with van der Waals surface area (Å²) in [4.78, 5) is 15.8. The van der Waals surface area contributed by atoms with Gasteiger partial charge < -0.3 is 4.42 Å². The molecular formula is C14H13N3O2. The molecule has 2 aromatic heterocycles. The van der Waals surface area contributed by atoms with Crippen LogP contribution >= 0.6 is 0 Å². The van der Waals surface area contributed by atoms with Crippen LogP contribution in [0.15, 0.2) is 52.4 Å². The van der Waals surface area contributed by atoms with Crippen molar-refractivity contribution in [3.63, 3.8) is 0 Å². The van der Waals surface area contributed by atoms with Crippen molar-refractivity contribution in [1.29, 1.82) is 0 Å². The molecule has 0 fully saturated rings.